The summed E-state index contributed by atoms with van der Waals surface area (Å²) in [5.41, 5.74) is 3.26. The van der Waals surface area contributed by atoms with E-state index in [1.54, 1.807) is 23.5 Å². The molecular formula is C21H19F2NO2S. The van der Waals surface area contributed by atoms with E-state index in [1.165, 1.54) is 6.07 Å². The van der Waals surface area contributed by atoms with E-state index in [0.717, 1.165) is 11.1 Å². The molecule has 0 fully saturated rings. The van der Waals surface area contributed by atoms with Crippen LogP contribution in [0, 0.1) is 0 Å². The van der Waals surface area contributed by atoms with Crippen molar-refractivity contribution < 1.29 is 18.3 Å². The molecule has 0 unspecified atom stereocenters. The van der Waals surface area contributed by atoms with Crippen LogP contribution in [0.2, 0.25) is 0 Å². The molecule has 3 nitrogen and oxygen atoms in total. The Labute approximate surface area is 160 Å². The van der Waals surface area contributed by atoms with Gasteiger partial charge >= 0.3 is 6.61 Å². The maximum absolute atomic E-state index is 12.7. The molecule has 0 radical (unpaired) electrons. The van der Waals surface area contributed by atoms with Gasteiger partial charge in [0.2, 0.25) is 5.91 Å². The van der Waals surface area contributed by atoms with Crippen LogP contribution in [0.5, 0.6) is 5.75 Å². The Kier molecular flexibility index (Phi) is 6.54. The summed E-state index contributed by atoms with van der Waals surface area (Å²) in [6.07, 6.45) is 1.46. The molecule has 1 N–H and O–H groups in total. The minimum absolute atomic E-state index is 0.116. The summed E-state index contributed by atoms with van der Waals surface area (Å²) in [5, 5.41) is 6.83. The fourth-order valence-electron chi connectivity index (χ4n) is 2.74. The zero-order chi connectivity index (χ0) is 19.1. The number of ether oxygens (including phenoxy) is 1. The second-order valence-electron chi connectivity index (χ2n) is 6.04. The molecule has 140 valence electrons. The van der Waals surface area contributed by atoms with Crippen LogP contribution >= 0.6 is 11.3 Å². The summed E-state index contributed by atoms with van der Waals surface area (Å²) in [6.45, 7) is -2.90. The lowest BCUT2D eigenvalue weighted by molar-refractivity contribution is -0.116. The van der Waals surface area contributed by atoms with Crippen molar-refractivity contribution in [3.8, 4) is 5.75 Å². The van der Waals surface area contributed by atoms with Gasteiger partial charge in [0.1, 0.15) is 5.75 Å². The van der Waals surface area contributed by atoms with Crippen molar-refractivity contribution in [2.75, 3.05) is 5.32 Å². The molecule has 3 aromatic rings. The number of carbonyl (C=O) groups excluding carboxylic acids is 1. The number of carbonyl (C=O) groups is 1. The van der Waals surface area contributed by atoms with Crippen LogP contribution in [0.4, 0.5) is 14.5 Å². The molecule has 0 saturated carbocycles. The van der Waals surface area contributed by atoms with E-state index in [1.807, 2.05) is 47.2 Å². The average Bonchev–Trinajstić information content (AvgIpc) is 3.16. The van der Waals surface area contributed by atoms with Crippen LogP contribution in [-0.4, -0.2) is 12.5 Å². The lowest BCUT2D eigenvalue weighted by Gasteiger charge is -2.13. The van der Waals surface area contributed by atoms with Gasteiger partial charge in [0, 0.05) is 24.1 Å². The molecule has 1 aromatic heterocycles. The first-order chi connectivity index (χ1) is 13.1. The maximum atomic E-state index is 12.7. The lowest BCUT2D eigenvalue weighted by atomic mass is 10.0. The molecule has 3 rings (SSSR count). The topological polar surface area (TPSA) is 38.3 Å². The molecule has 27 heavy (non-hydrogen) atoms. The molecule has 0 saturated heterocycles. The predicted octanol–water partition coefficient (Wildman–Crippen LogP) is 5.51. The van der Waals surface area contributed by atoms with Gasteiger partial charge in [-0.15, -0.1) is 0 Å². The highest BCUT2D eigenvalue weighted by Crippen LogP contribution is 2.27. The number of anilines is 1. The standard InChI is InChI=1S/C21H19F2NO2S/c22-21(23)26-19-8-7-18(13-17(19)12-15-4-2-1-3-5-15)24-20(25)9-6-16-10-11-27-14-16/h1-5,7-8,10-11,13-14,21H,6,9,12H2,(H,24,25). The van der Waals surface area contributed by atoms with Gasteiger partial charge in [-0.1, -0.05) is 30.3 Å². The number of rotatable bonds is 8. The molecule has 2 aromatic carbocycles. The number of benzene rings is 2. The molecule has 0 aliphatic heterocycles. The SMILES string of the molecule is O=C(CCc1ccsc1)Nc1ccc(OC(F)F)c(Cc2ccccc2)c1. The second-order valence-corrected chi connectivity index (χ2v) is 6.82. The number of hydrogen-bond donors (Lipinski definition) is 1. The fourth-order valence-corrected chi connectivity index (χ4v) is 3.44. The molecule has 6 heteroatoms. The highest BCUT2D eigenvalue weighted by molar-refractivity contribution is 7.07. The van der Waals surface area contributed by atoms with Crippen molar-refractivity contribution >= 4 is 22.9 Å². The number of aryl methyl sites for hydroxylation is 1. The molecule has 1 heterocycles. The van der Waals surface area contributed by atoms with Crippen LogP contribution in [0.1, 0.15) is 23.1 Å². The highest BCUT2D eigenvalue weighted by atomic mass is 32.1. The summed E-state index contributed by atoms with van der Waals surface area (Å²) in [4.78, 5) is 12.2. The lowest BCUT2D eigenvalue weighted by Crippen LogP contribution is -2.13. The minimum atomic E-state index is -2.90. The van der Waals surface area contributed by atoms with E-state index in [9.17, 15) is 13.6 Å². The molecule has 0 aliphatic carbocycles. The molecule has 0 spiro atoms. The summed E-state index contributed by atoms with van der Waals surface area (Å²) in [5.74, 6) is -0.000450. The van der Waals surface area contributed by atoms with Gasteiger partial charge in [0.05, 0.1) is 0 Å². The van der Waals surface area contributed by atoms with Crippen molar-refractivity contribution in [1.82, 2.24) is 0 Å². The molecule has 0 aliphatic rings. The second kappa shape index (κ2) is 9.28. The number of amides is 1. The predicted molar refractivity (Wildman–Crippen MR) is 104 cm³/mol. The van der Waals surface area contributed by atoms with E-state index >= 15 is 0 Å². The van der Waals surface area contributed by atoms with Crippen LogP contribution in [0.25, 0.3) is 0 Å². The van der Waals surface area contributed by atoms with Crippen molar-refractivity contribution in [2.45, 2.75) is 25.9 Å². The molecular weight excluding hydrogens is 368 g/mol. The van der Waals surface area contributed by atoms with Crippen molar-refractivity contribution in [2.24, 2.45) is 0 Å². The van der Waals surface area contributed by atoms with Gasteiger partial charge < -0.3 is 10.1 Å². The Morgan fingerprint density at radius 2 is 1.89 bits per heavy atom. The Bertz CT molecular complexity index is 867. The third-order valence-corrected chi connectivity index (χ3v) is 4.75. The van der Waals surface area contributed by atoms with Gasteiger partial charge in [0.15, 0.2) is 0 Å². The summed E-state index contributed by atoms with van der Waals surface area (Å²) in [7, 11) is 0. The molecule has 0 bridgehead atoms. The quantitative estimate of drug-likeness (QED) is 0.553. The first-order valence-corrected chi connectivity index (χ1v) is 9.47. The Hall–Kier alpha value is -2.73. The van der Waals surface area contributed by atoms with E-state index in [-0.39, 0.29) is 11.7 Å². The van der Waals surface area contributed by atoms with Gasteiger partial charge in [-0.3, -0.25) is 4.79 Å². The third kappa shape index (κ3) is 5.89. The van der Waals surface area contributed by atoms with Crippen molar-refractivity contribution in [1.29, 1.82) is 0 Å². The number of hydrogen-bond acceptors (Lipinski definition) is 3. The van der Waals surface area contributed by atoms with Gasteiger partial charge in [0.25, 0.3) is 0 Å². The van der Waals surface area contributed by atoms with Gasteiger partial charge in [-0.25, -0.2) is 0 Å². The van der Waals surface area contributed by atoms with Crippen molar-refractivity contribution in [3.63, 3.8) is 0 Å². The van der Waals surface area contributed by atoms with E-state index in [0.29, 0.717) is 30.5 Å². The number of thiophene rings is 1. The Morgan fingerprint density at radius 1 is 1.07 bits per heavy atom. The number of halogens is 2. The van der Waals surface area contributed by atoms with Crippen LogP contribution < -0.4 is 10.1 Å². The van der Waals surface area contributed by atoms with E-state index < -0.39 is 6.61 Å². The average molecular weight is 387 g/mol. The number of nitrogens with one attached hydrogen (secondary N) is 1. The zero-order valence-corrected chi connectivity index (χ0v) is 15.3. The summed E-state index contributed by atoms with van der Waals surface area (Å²) < 4.78 is 30.0. The normalized spacial score (nSPS) is 10.8. The monoisotopic (exact) mass is 387 g/mol. The maximum Gasteiger partial charge on any atom is 0.387 e. The largest absolute Gasteiger partial charge is 0.435 e. The highest BCUT2D eigenvalue weighted by Gasteiger charge is 2.12. The molecule has 0 atom stereocenters. The summed E-state index contributed by atoms with van der Waals surface area (Å²) in [6, 6.07) is 16.2. The first kappa shape index (κ1) is 19.0. The Morgan fingerprint density at radius 3 is 2.59 bits per heavy atom. The zero-order valence-electron chi connectivity index (χ0n) is 14.5. The van der Waals surface area contributed by atoms with Crippen LogP contribution in [0.3, 0.4) is 0 Å². The van der Waals surface area contributed by atoms with Crippen LogP contribution in [-0.2, 0) is 17.6 Å². The van der Waals surface area contributed by atoms with E-state index in [4.69, 9.17) is 0 Å². The molecule has 1 amide bonds. The summed E-state index contributed by atoms with van der Waals surface area (Å²) >= 11 is 1.60. The third-order valence-electron chi connectivity index (χ3n) is 4.02. The first-order valence-electron chi connectivity index (χ1n) is 8.53. The minimum Gasteiger partial charge on any atom is -0.435 e. The fraction of sp³-hybridized carbons (Fsp3) is 0.190. The van der Waals surface area contributed by atoms with Gasteiger partial charge in [-0.2, -0.15) is 20.1 Å². The van der Waals surface area contributed by atoms with E-state index in [2.05, 4.69) is 10.1 Å². The number of alkyl halides is 2. The Balaban J connectivity index is 1.71. The van der Waals surface area contributed by atoms with Crippen LogP contribution in [0.15, 0.2) is 65.4 Å². The van der Waals surface area contributed by atoms with Crippen molar-refractivity contribution in [3.05, 3.63) is 82.0 Å². The van der Waals surface area contributed by atoms with Gasteiger partial charge in [-0.05, 0) is 52.6 Å². The smallest absolute Gasteiger partial charge is 0.387 e.